The third-order valence-electron chi connectivity index (χ3n) is 3.04. The number of methoxy groups -OCH3 is 1. The van der Waals surface area contributed by atoms with Crippen LogP contribution in [-0.4, -0.2) is 31.3 Å². The van der Waals surface area contributed by atoms with Crippen molar-refractivity contribution in [2.45, 2.75) is 57.2 Å². The lowest BCUT2D eigenvalue weighted by Crippen LogP contribution is -2.53. The summed E-state index contributed by atoms with van der Waals surface area (Å²) in [6, 6.07) is 0.625. The molecule has 1 rings (SSSR count). The van der Waals surface area contributed by atoms with E-state index >= 15 is 0 Å². The highest BCUT2D eigenvalue weighted by molar-refractivity contribution is 4.89. The Balaban J connectivity index is 2.09. The molecule has 0 aromatic rings. The van der Waals surface area contributed by atoms with Gasteiger partial charge in [-0.2, -0.15) is 0 Å². The maximum Gasteiger partial charge on any atom is 0.0601 e. The minimum atomic E-state index is -0.0487. The quantitative estimate of drug-likeness (QED) is 0.679. The predicted molar refractivity (Wildman–Crippen MR) is 59.3 cm³/mol. The van der Waals surface area contributed by atoms with Gasteiger partial charge >= 0.3 is 0 Å². The summed E-state index contributed by atoms with van der Waals surface area (Å²) in [5.74, 6) is 0. The molecule has 0 radical (unpaired) electrons. The number of rotatable bonds is 6. The molecule has 0 amide bonds. The fourth-order valence-corrected chi connectivity index (χ4v) is 1.96. The number of nitrogens with one attached hydrogen (secondary N) is 1. The lowest BCUT2D eigenvalue weighted by Gasteiger charge is -2.37. The topological polar surface area (TPSA) is 47.3 Å². The molecule has 0 heterocycles. The molecule has 84 valence electrons. The SMILES string of the molecule is CCCC(C)(N)CNC1CC(OC)C1. The Labute approximate surface area is 87.4 Å². The molecule has 0 aromatic heterocycles. The lowest BCUT2D eigenvalue weighted by atomic mass is 9.88. The molecule has 1 fully saturated rings. The van der Waals surface area contributed by atoms with Gasteiger partial charge in [0.25, 0.3) is 0 Å². The van der Waals surface area contributed by atoms with Crippen molar-refractivity contribution in [3.8, 4) is 0 Å². The van der Waals surface area contributed by atoms with Gasteiger partial charge in [0.1, 0.15) is 0 Å². The van der Waals surface area contributed by atoms with Crippen molar-refractivity contribution in [3.05, 3.63) is 0 Å². The van der Waals surface area contributed by atoms with E-state index in [1.54, 1.807) is 7.11 Å². The molecule has 1 aliphatic rings. The molecule has 0 aliphatic heterocycles. The van der Waals surface area contributed by atoms with Crippen molar-refractivity contribution in [3.63, 3.8) is 0 Å². The highest BCUT2D eigenvalue weighted by Crippen LogP contribution is 2.22. The summed E-state index contributed by atoms with van der Waals surface area (Å²) in [7, 11) is 1.78. The van der Waals surface area contributed by atoms with E-state index in [0.29, 0.717) is 12.1 Å². The fourth-order valence-electron chi connectivity index (χ4n) is 1.96. The average Bonchev–Trinajstić information content (AvgIpc) is 2.01. The standard InChI is InChI=1S/C11H24N2O/c1-4-5-11(2,12)8-13-9-6-10(7-9)14-3/h9-10,13H,4-8,12H2,1-3H3. The molecule has 0 spiro atoms. The van der Waals surface area contributed by atoms with Crippen LogP contribution < -0.4 is 11.1 Å². The van der Waals surface area contributed by atoms with Crippen LogP contribution in [0.3, 0.4) is 0 Å². The molecule has 0 saturated heterocycles. The van der Waals surface area contributed by atoms with Crippen molar-refractivity contribution >= 4 is 0 Å². The molecule has 0 aromatic carbocycles. The Hall–Kier alpha value is -0.120. The molecule has 3 heteroatoms. The van der Waals surface area contributed by atoms with Crippen LogP contribution in [0.25, 0.3) is 0 Å². The van der Waals surface area contributed by atoms with Crippen LogP contribution in [0.5, 0.6) is 0 Å². The summed E-state index contributed by atoms with van der Waals surface area (Å²) in [6.07, 6.45) is 4.99. The monoisotopic (exact) mass is 200 g/mol. The maximum absolute atomic E-state index is 6.13. The first-order chi connectivity index (χ1) is 6.57. The van der Waals surface area contributed by atoms with Gasteiger partial charge in [-0.05, 0) is 26.2 Å². The van der Waals surface area contributed by atoms with Gasteiger partial charge in [-0.15, -0.1) is 0 Å². The van der Waals surface area contributed by atoms with Gasteiger partial charge in [0.2, 0.25) is 0 Å². The largest absolute Gasteiger partial charge is 0.381 e. The van der Waals surface area contributed by atoms with E-state index in [2.05, 4.69) is 19.2 Å². The summed E-state index contributed by atoms with van der Waals surface area (Å²) >= 11 is 0. The second-order valence-electron chi connectivity index (χ2n) is 4.81. The first kappa shape index (κ1) is 12.0. The summed E-state index contributed by atoms with van der Waals surface area (Å²) in [6.45, 7) is 5.22. The van der Waals surface area contributed by atoms with Gasteiger partial charge in [-0.25, -0.2) is 0 Å². The van der Waals surface area contributed by atoms with E-state index in [9.17, 15) is 0 Å². The Morgan fingerprint density at radius 3 is 2.64 bits per heavy atom. The van der Waals surface area contributed by atoms with E-state index < -0.39 is 0 Å². The van der Waals surface area contributed by atoms with Crippen LogP contribution >= 0.6 is 0 Å². The summed E-state index contributed by atoms with van der Waals surface area (Å²) < 4.78 is 5.22. The molecule has 3 N–H and O–H groups in total. The third kappa shape index (κ3) is 3.56. The van der Waals surface area contributed by atoms with Crippen molar-refractivity contribution in [2.24, 2.45) is 5.73 Å². The normalized spacial score (nSPS) is 30.9. The lowest BCUT2D eigenvalue weighted by molar-refractivity contribution is 0.0160. The van der Waals surface area contributed by atoms with Gasteiger partial charge in [-0.3, -0.25) is 0 Å². The number of ether oxygens (including phenoxy) is 1. The van der Waals surface area contributed by atoms with Gasteiger partial charge in [0.05, 0.1) is 6.10 Å². The zero-order valence-corrected chi connectivity index (χ0v) is 9.68. The molecule has 1 aliphatic carbocycles. The summed E-state index contributed by atoms with van der Waals surface area (Å²) in [5.41, 5.74) is 6.08. The Kier molecular flexibility index (Phi) is 4.35. The molecule has 0 bridgehead atoms. The predicted octanol–water partition coefficient (Wildman–Crippen LogP) is 1.27. The first-order valence-electron chi connectivity index (χ1n) is 5.62. The second-order valence-corrected chi connectivity index (χ2v) is 4.81. The van der Waals surface area contributed by atoms with Crippen molar-refractivity contribution < 1.29 is 4.74 Å². The van der Waals surface area contributed by atoms with Crippen molar-refractivity contribution in [1.29, 1.82) is 0 Å². The minimum absolute atomic E-state index is 0.0487. The zero-order valence-electron chi connectivity index (χ0n) is 9.68. The third-order valence-corrected chi connectivity index (χ3v) is 3.04. The Morgan fingerprint density at radius 2 is 2.14 bits per heavy atom. The molecule has 1 saturated carbocycles. The van der Waals surface area contributed by atoms with E-state index in [-0.39, 0.29) is 5.54 Å². The molecule has 1 unspecified atom stereocenters. The van der Waals surface area contributed by atoms with Gasteiger partial charge in [0.15, 0.2) is 0 Å². The van der Waals surface area contributed by atoms with Crippen LogP contribution in [0.2, 0.25) is 0 Å². The average molecular weight is 200 g/mol. The highest BCUT2D eigenvalue weighted by atomic mass is 16.5. The van der Waals surface area contributed by atoms with Crippen LogP contribution in [0.15, 0.2) is 0 Å². The van der Waals surface area contributed by atoms with Crippen molar-refractivity contribution in [2.75, 3.05) is 13.7 Å². The second kappa shape index (κ2) is 5.10. The van der Waals surface area contributed by atoms with Crippen LogP contribution in [0.1, 0.15) is 39.5 Å². The molecular weight excluding hydrogens is 176 g/mol. The van der Waals surface area contributed by atoms with Crippen LogP contribution in [-0.2, 0) is 4.74 Å². The Bertz CT molecular complexity index is 165. The highest BCUT2D eigenvalue weighted by Gasteiger charge is 2.30. The first-order valence-corrected chi connectivity index (χ1v) is 5.62. The van der Waals surface area contributed by atoms with E-state index in [0.717, 1.165) is 32.2 Å². The van der Waals surface area contributed by atoms with E-state index in [1.165, 1.54) is 0 Å². The zero-order chi connectivity index (χ0) is 10.6. The molecular formula is C11H24N2O. The van der Waals surface area contributed by atoms with Gasteiger partial charge in [0, 0.05) is 25.2 Å². The number of hydrogen-bond donors (Lipinski definition) is 2. The van der Waals surface area contributed by atoms with Gasteiger partial charge in [-0.1, -0.05) is 13.3 Å². The van der Waals surface area contributed by atoms with Crippen molar-refractivity contribution in [1.82, 2.24) is 5.32 Å². The smallest absolute Gasteiger partial charge is 0.0601 e. The van der Waals surface area contributed by atoms with E-state index in [4.69, 9.17) is 10.5 Å². The van der Waals surface area contributed by atoms with Crippen LogP contribution in [0, 0.1) is 0 Å². The summed E-state index contributed by atoms with van der Waals surface area (Å²) in [5, 5.41) is 3.50. The van der Waals surface area contributed by atoms with Gasteiger partial charge < -0.3 is 15.8 Å². The maximum atomic E-state index is 6.13. The Morgan fingerprint density at radius 1 is 1.50 bits per heavy atom. The minimum Gasteiger partial charge on any atom is -0.381 e. The molecule has 14 heavy (non-hydrogen) atoms. The summed E-state index contributed by atoms with van der Waals surface area (Å²) in [4.78, 5) is 0. The van der Waals surface area contributed by atoms with Crippen LogP contribution in [0.4, 0.5) is 0 Å². The molecule has 1 atom stereocenters. The number of hydrogen-bond acceptors (Lipinski definition) is 3. The fraction of sp³-hybridized carbons (Fsp3) is 1.00. The van der Waals surface area contributed by atoms with E-state index in [1.807, 2.05) is 0 Å². The number of nitrogens with two attached hydrogens (primary N) is 1. The molecule has 3 nitrogen and oxygen atoms in total.